The number of carbonyl (C=O) groups is 1. The maximum atomic E-state index is 11.8. The molecule has 0 N–H and O–H groups in total. The van der Waals surface area contributed by atoms with Crippen LogP contribution in [0.25, 0.3) is 0 Å². The monoisotopic (exact) mass is 301 g/mol. The summed E-state index contributed by atoms with van der Waals surface area (Å²) in [5, 5.41) is 3.83. The van der Waals surface area contributed by atoms with Crippen LogP contribution >= 0.6 is 27.3 Å². The molecule has 0 atom stereocenters. The van der Waals surface area contributed by atoms with E-state index in [2.05, 4.69) is 21.0 Å². The van der Waals surface area contributed by atoms with Gasteiger partial charge in [-0.2, -0.15) is 5.10 Å². The Morgan fingerprint density at radius 1 is 1.56 bits per heavy atom. The topological polar surface area (TPSA) is 56.9 Å². The van der Waals surface area contributed by atoms with Crippen LogP contribution in [0.3, 0.4) is 0 Å². The Hall–Kier alpha value is -1.21. The lowest BCUT2D eigenvalue weighted by atomic mass is 10.3. The number of hydrogen-bond donors (Lipinski definition) is 0. The summed E-state index contributed by atoms with van der Waals surface area (Å²) in [5.41, 5.74) is -0.288. The van der Waals surface area contributed by atoms with Gasteiger partial charge in [0.2, 0.25) is 0 Å². The zero-order chi connectivity index (χ0) is 11.7. The molecule has 0 fully saturated rings. The molecule has 0 saturated heterocycles. The summed E-state index contributed by atoms with van der Waals surface area (Å²) < 4.78 is 3.37. The van der Waals surface area contributed by atoms with Gasteiger partial charge >= 0.3 is 5.69 Å². The molecule has 2 heterocycles. The minimum Gasteiger partial charge on any atom is -0.291 e. The second-order valence-corrected chi connectivity index (χ2v) is 5.67. The van der Waals surface area contributed by atoms with E-state index < -0.39 is 0 Å². The highest BCUT2D eigenvalue weighted by atomic mass is 79.9. The fourth-order valence-corrected chi connectivity index (χ4v) is 2.52. The molecule has 0 aliphatic rings. The number of nitrogens with zero attached hydrogens (tertiary/aromatic N) is 3. The first kappa shape index (κ1) is 11.3. The van der Waals surface area contributed by atoms with Crippen molar-refractivity contribution < 1.29 is 4.79 Å². The molecule has 0 radical (unpaired) electrons. The number of ketones is 1. The van der Waals surface area contributed by atoms with E-state index in [1.165, 1.54) is 22.2 Å². The molecule has 16 heavy (non-hydrogen) atoms. The van der Waals surface area contributed by atoms with Crippen molar-refractivity contribution in [2.75, 3.05) is 0 Å². The summed E-state index contributed by atoms with van der Waals surface area (Å²) in [7, 11) is 1.60. The van der Waals surface area contributed by atoms with Gasteiger partial charge in [-0.3, -0.25) is 9.36 Å². The van der Waals surface area contributed by atoms with Gasteiger partial charge in [0.05, 0.1) is 8.66 Å². The SMILES string of the molecule is Cn1cnn(CC(=O)c2ccc(Br)s2)c1=O. The van der Waals surface area contributed by atoms with Crippen LogP contribution in [0.4, 0.5) is 0 Å². The summed E-state index contributed by atoms with van der Waals surface area (Å²) in [6, 6.07) is 3.53. The van der Waals surface area contributed by atoms with Crippen molar-refractivity contribution in [3.63, 3.8) is 0 Å². The van der Waals surface area contributed by atoms with Gasteiger partial charge in [-0.25, -0.2) is 9.48 Å². The lowest BCUT2D eigenvalue weighted by molar-refractivity contribution is 0.0970. The van der Waals surface area contributed by atoms with Crippen molar-refractivity contribution >= 4 is 33.0 Å². The highest BCUT2D eigenvalue weighted by Crippen LogP contribution is 2.22. The van der Waals surface area contributed by atoms with E-state index in [9.17, 15) is 9.59 Å². The zero-order valence-electron chi connectivity index (χ0n) is 8.38. The van der Waals surface area contributed by atoms with Gasteiger partial charge in [0, 0.05) is 7.05 Å². The average Bonchev–Trinajstić information content (AvgIpc) is 2.79. The summed E-state index contributed by atoms with van der Waals surface area (Å²) >= 11 is 4.63. The molecular weight excluding hydrogens is 294 g/mol. The van der Waals surface area contributed by atoms with Crippen molar-refractivity contribution in [2.45, 2.75) is 6.54 Å². The Morgan fingerprint density at radius 3 is 2.81 bits per heavy atom. The van der Waals surface area contributed by atoms with E-state index in [0.717, 1.165) is 8.47 Å². The van der Waals surface area contributed by atoms with Gasteiger partial charge in [-0.15, -0.1) is 11.3 Å². The fourth-order valence-electron chi connectivity index (χ4n) is 1.21. The van der Waals surface area contributed by atoms with Crippen LogP contribution in [-0.4, -0.2) is 20.1 Å². The lowest BCUT2D eigenvalue weighted by Gasteiger charge is -1.96. The predicted octanol–water partition coefficient (Wildman–Crippen LogP) is 1.29. The molecule has 7 heteroatoms. The smallest absolute Gasteiger partial charge is 0.291 e. The number of Topliss-reactive ketones (excluding diaryl/α,β-unsaturated/α-hetero) is 1. The number of aromatic nitrogens is 3. The Kier molecular flexibility index (Phi) is 3.06. The first-order valence-corrected chi connectivity index (χ1v) is 6.06. The van der Waals surface area contributed by atoms with Gasteiger partial charge in [0.1, 0.15) is 12.9 Å². The molecule has 0 spiro atoms. The van der Waals surface area contributed by atoms with E-state index in [0.29, 0.717) is 4.88 Å². The van der Waals surface area contributed by atoms with Gasteiger partial charge in [0.15, 0.2) is 5.78 Å². The number of hydrogen-bond acceptors (Lipinski definition) is 4. The number of rotatable bonds is 3. The van der Waals surface area contributed by atoms with Crippen LogP contribution in [-0.2, 0) is 13.6 Å². The quantitative estimate of drug-likeness (QED) is 0.803. The molecule has 0 aliphatic carbocycles. The number of carbonyl (C=O) groups excluding carboxylic acids is 1. The summed E-state index contributed by atoms with van der Waals surface area (Å²) in [6.45, 7) is -0.0212. The Bertz CT molecular complexity index is 584. The van der Waals surface area contributed by atoms with Gasteiger partial charge in [0.25, 0.3) is 0 Å². The van der Waals surface area contributed by atoms with Crippen LogP contribution in [0.1, 0.15) is 9.67 Å². The summed E-state index contributed by atoms with van der Waals surface area (Å²) in [5.74, 6) is -0.114. The third kappa shape index (κ3) is 2.14. The number of aryl methyl sites for hydroxylation is 1. The summed E-state index contributed by atoms with van der Waals surface area (Å²) in [6.07, 6.45) is 1.39. The molecule has 0 bridgehead atoms. The van der Waals surface area contributed by atoms with Crippen molar-refractivity contribution in [3.05, 3.63) is 37.6 Å². The van der Waals surface area contributed by atoms with Crippen molar-refractivity contribution in [1.82, 2.24) is 14.3 Å². The maximum absolute atomic E-state index is 11.8. The van der Waals surface area contributed by atoms with Crippen LogP contribution < -0.4 is 5.69 Å². The molecule has 0 unspecified atom stereocenters. The largest absolute Gasteiger partial charge is 0.345 e. The Balaban J connectivity index is 2.20. The Labute approximate surface area is 103 Å². The average molecular weight is 302 g/mol. The summed E-state index contributed by atoms with van der Waals surface area (Å²) in [4.78, 5) is 23.8. The van der Waals surface area contributed by atoms with Crippen LogP contribution in [0, 0.1) is 0 Å². The lowest BCUT2D eigenvalue weighted by Crippen LogP contribution is -2.26. The van der Waals surface area contributed by atoms with Crippen molar-refractivity contribution in [2.24, 2.45) is 7.05 Å². The predicted molar refractivity (Wildman–Crippen MR) is 63.8 cm³/mol. The normalized spacial score (nSPS) is 10.6. The minimum absolute atomic E-state index is 0.0212. The molecule has 84 valence electrons. The molecule has 5 nitrogen and oxygen atoms in total. The van der Waals surface area contributed by atoms with Gasteiger partial charge in [-0.1, -0.05) is 0 Å². The molecule has 2 rings (SSSR count). The third-order valence-corrected chi connectivity index (χ3v) is 3.69. The number of halogens is 1. The number of thiophene rings is 1. The standard InChI is InChI=1S/C9H8BrN3O2S/c1-12-5-11-13(9(12)15)4-6(14)7-2-3-8(10)16-7/h2-3,5H,4H2,1H3. The first-order valence-electron chi connectivity index (χ1n) is 4.45. The second-order valence-electron chi connectivity index (χ2n) is 3.21. The molecule has 0 aliphatic heterocycles. The van der Waals surface area contributed by atoms with E-state index in [1.807, 2.05) is 0 Å². The van der Waals surface area contributed by atoms with Crippen molar-refractivity contribution in [1.29, 1.82) is 0 Å². The molecule has 0 amide bonds. The van der Waals surface area contributed by atoms with Gasteiger partial charge < -0.3 is 0 Å². The molecule has 2 aromatic heterocycles. The van der Waals surface area contributed by atoms with Crippen LogP contribution in [0.15, 0.2) is 27.0 Å². The highest BCUT2D eigenvalue weighted by molar-refractivity contribution is 9.11. The fraction of sp³-hybridized carbons (Fsp3) is 0.222. The molecular formula is C9H8BrN3O2S. The highest BCUT2D eigenvalue weighted by Gasteiger charge is 2.12. The van der Waals surface area contributed by atoms with E-state index in [4.69, 9.17) is 0 Å². The Morgan fingerprint density at radius 2 is 2.31 bits per heavy atom. The van der Waals surface area contributed by atoms with E-state index >= 15 is 0 Å². The van der Waals surface area contributed by atoms with Gasteiger partial charge in [-0.05, 0) is 28.1 Å². The first-order chi connectivity index (χ1) is 7.58. The molecule has 2 aromatic rings. The minimum atomic E-state index is -0.288. The van der Waals surface area contributed by atoms with Crippen molar-refractivity contribution in [3.8, 4) is 0 Å². The van der Waals surface area contributed by atoms with Crippen LogP contribution in [0.2, 0.25) is 0 Å². The third-order valence-electron chi connectivity index (χ3n) is 2.03. The second kappa shape index (κ2) is 4.34. The molecule has 0 saturated carbocycles. The zero-order valence-corrected chi connectivity index (χ0v) is 10.8. The van der Waals surface area contributed by atoms with E-state index in [1.54, 1.807) is 19.2 Å². The van der Waals surface area contributed by atoms with E-state index in [-0.39, 0.29) is 18.0 Å². The molecule has 0 aromatic carbocycles. The maximum Gasteiger partial charge on any atom is 0.345 e. The van der Waals surface area contributed by atoms with Crippen LogP contribution in [0.5, 0.6) is 0 Å².